The van der Waals surface area contributed by atoms with Crippen LogP contribution in [0.1, 0.15) is 19.8 Å². The van der Waals surface area contributed by atoms with E-state index in [2.05, 4.69) is 5.32 Å². The molecule has 3 nitrogen and oxygen atoms in total. The summed E-state index contributed by atoms with van der Waals surface area (Å²) in [5, 5.41) is 2.78. The van der Waals surface area contributed by atoms with Crippen LogP contribution in [0.3, 0.4) is 0 Å². The van der Waals surface area contributed by atoms with Crippen molar-refractivity contribution in [2.24, 2.45) is 11.1 Å². The van der Waals surface area contributed by atoms with Gasteiger partial charge in [0.2, 0.25) is 5.91 Å². The summed E-state index contributed by atoms with van der Waals surface area (Å²) in [5.74, 6) is 0.137. The summed E-state index contributed by atoms with van der Waals surface area (Å²) in [6, 6.07) is 0. The number of carbonyl (C=O) groups excluding carboxylic acids is 1. The lowest BCUT2D eigenvalue weighted by Crippen LogP contribution is -2.36. The summed E-state index contributed by atoms with van der Waals surface area (Å²) in [6.07, 6.45) is 1.94. The Morgan fingerprint density at radius 3 is 2.60 bits per heavy atom. The number of hydrogen-bond acceptors (Lipinski definition) is 2. The standard InChI is InChI=1S/C7H14N2O/c1-2-9-6(10)7(5-8)3-4-7/h2-5,8H2,1H3,(H,9,10). The fourth-order valence-electron chi connectivity index (χ4n) is 1.02. The minimum atomic E-state index is -0.171. The predicted molar refractivity (Wildman–Crippen MR) is 39.4 cm³/mol. The number of amides is 1. The number of rotatable bonds is 3. The van der Waals surface area contributed by atoms with Gasteiger partial charge in [-0.15, -0.1) is 0 Å². The van der Waals surface area contributed by atoms with Crippen molar-refractivity contribution in [3.63, 3.8) is 0 Å². The zero-order chi connectivity index (χ0) is 7.61. The Labute approximate surface area is 61.0 Å². The summed E-state index contributed by atoms with van der Waals surface area (Å²) in [6.45, 7) is 3.13. The van der Waals surface area contributed by atoms with Crippen LogP contribution in [-0.4, -0.2) is 19.0 Å². The monoisotopic (exact) mass is 142 g/mol. The molecular formula is C7H14N2O. The van der Waals surface area contributed by atoms with Gasteiger partial charge in [-0.1, -0.05) is 0 Å². The number of nitrogens with one attached hydrogen (secondary N) is 1. The maximum Gasteiger partial charge on any atom is 0.227 e. The Kier molecular flexibility index (Phi) is 1.94. The van der Waals surface area contributed by atoms with Gasteiger partial charge in [-0.2, -0.15) is 0 Å². The molecule has 1 saturated carbocycles. The first-order valence-corrected chi connectivity index (χ1v) is 3.73. The van der Waals surface area contributed by atoms with Crippen molar-refractivity contribution in [3.8, 4) is 0 Å². The van der Waals surface area contributed by atoms with Gasteiger partial charge in [-0.3, -0.25) is 4.79 Å². The number of nitrogens with two attached hydrogens (primary N) is 1. The lowest BCUT2D eigenvalue weighted by molar-refractivity contribution is -0.125. The highest BCUT2D eigenvalue weighted by molar-refractivity contribution is 5.85. The van der Waals surface area contributed by atoms with Gasteiger partial charge in [0.25, 0.3) is 0 Å². The molecule has 10 heavy (non-hydrogen) atoms. The van der Waals surface area contributed by atoms with Gasteiger partial charge in [-0.05, 0) is 19.8 Å². The maximum absolute atomic E-state index is 11.2. The van der Waals surface area contributed by atoms with Crippen LogP contribution in [0.2, 0.25) is 0 Å². The molecule has 0 heterocycles. The van der Waals surface area contributed by atoms with Gasteiger partial charge >= 0.3 is 0 Å². The minimum Gasteiger partial charge on any atom is -0.356 e. The molecule has 0 bridgehead atoms. The van der Waals surface area contributed by atoms with Gasteiger partial charge in [0.1, 0.15) is 0 Å². The molecular weight excluding hydrogens is 128 g/mol. The van der Waals surface area contributed by atoms with Crippen LogP contribution in [-0.2, 0) is 4.79 Å². The van der Waals surface area contributed by atoms with Gasteiger partial charge in [0.15, 0.2) is 0 Å². The number of carbonyl (C=O) groups is 1. The topological polar surface area (TPSA) is 55.1 Å². The summed E-state index contributed by atoms with van der Waals surface area (Å²) in [4.78, 5) is 11.2. The van der Waals surface area contributed by atoms with Crippen molar-refractivity contribution in [1.29, 1.82) is 0 Å². The highest BCUT2D eigenvalue weighted by atomic mass is 16.2. The van der Waals surface area contributed by atoms with Crippen LogP contribution in [0.15, 0.2) is 0 Å². The first-order valence-electron chi connectivity index (χ1n) is 3.73. The molecule has 1 fully saturated rings. The first-order chi connectivity index (χ1) is 4.75. The molecule has 0 atom stereocenters. The third-order valence-corrected chi connectivity index (χ3v) is 2.06. The van der Waals surface area contributed by atoms with Crippen LogP contribution in [0.5, 0.6) is 0 Å². The molecule has 3 N–H and O–H groups in total. The molecule has 0 aromatic rings. The van der Waals surface area contributed by atoms with Crippen molar-refractivity contribution in [2.75, 3.05) is 13.1 Å². The second kappa shape index (κ2) is 2.58. The Morgan fingerprint density at radius 1 is 1.70 bits per heavy atom. The van der Waals surface area contributed by atoms with E-state index in [1.54, 1.807) is 0 Å². The average Bonchev–Trinajstić information content (AvgIpc) is 2.68. The molecule has 0 aliphatic heterocycles. The highest BCUT2D eigenvalue weighted by Crippen LogP contribution is 2.44. The lowest BCUT2D eigenvalue weighted by atomic mass is 10.1. The second-order valence-corrected chi connectivity index (χ2v) is 2.84. The van der Waals surface area contributed by atoms with E-state index in [0.29, 0.717) is 13.1 Å². The van der Waals surface area contributed by atoms with E-state index in [1.807, 2.05) is 6.92 Å². The minimum absolute atomic E-state index is 0.137. The Balaban J connectivity index is 2.40. The molecule has 0 spiro atoms. The van der Waals surface area contributed by atoms with E-state index in [0.717, 1.165) is 12.8 Å². The summed E-state index contributed by atoms with van der Waals surface area (Å²) in [7, 11) is 0. The van der Waals surface area contributed by atoms with E-state index in [4.69, 9.17) is 5.73 Å². The molecule has 0 radical (unpaired) electrons. The third-order valence-electron chi connectivity index (χ3n) is 2.06. The van der Waals surface area contributed by atoms with Crippen LogP contribution >= 0.6 is 0 Å². The molecule has 0 aromatic heterocycles. The van der Waals surface area contributed by atoms with Crippen molar-refractivity contribution >= 4 is 5.91 Å². The summed E-state index contributed by atoms with van der Waals surface area (Å²) < 4.78 is 0. The Hall–Kier alpha value is -0.570. The highest BCUT2D eigenvalue weighted by Gasteiger charge is 2.48. The van der Waals surface area contributed by atoms with E-state index in [-0.39, 0.29) is 11.3 Å². The quantitative estimate of drug-likeness (QED) is 0.576. The van der Waals surface area contributed by atoms with Gasteiger partial charge in [0, 0.05) is 13.1 Å². The van der Waals surface area contributed by atoms with E-state index in [1.165, 1.54) is 0 Å². The molecule has 1 rings (SSSR count). The summed E-state index contributed by atoms with van der Waals surface area (Å²) in [5.41, 5.74) is 5.27. The molecule has 1 amide bonds. The zero-order valence-corrected chi connectivity index (χ0v) is 6.31. The average molecular weight is 142 g/mol. The van der Waals surface area contributed by atoms with Gasteiger partial charge < -0.3 is 11.1 Å². The van der Waals surface area contributed by atoms with Crippen molar-refractivity contribution in [1.82, 2.24) is 5.32 Å². The fourth-order valence-corrected chi connectivity index (χ4v) is 1.02. The van der Waals surface area contributed by atoms with Gasteiger partial charge in [-0.25, -0.2) is 0 Å². The smallest absolute Gasteiger partial charge is 0.227 e. The Bertz CT molecular complexity index is 141. The zero-order valence-electron chi connectivity index (χ0n) is 6.31. The van der Waals surface area contributed by atoms with Crippen LogP contribution < -0.4 is 11.1 Å². The third kappa shape index (κ3) is 1.14. The lowest BCUT2D eigenvalue weighted by Gasteiger charge is -2.10. The normalized spacial score (nSPS) is 20.2. The van der Waals surface area contributed by atoms with E-state index in [9.17, 15) is 4.79 Å². The van der Waals surface area contributed by atoms with E-state index >= 15 is 0 Å². The molecule has 0 saturated heterocycles. The molecule has 3 heteroatoms. The SMILES string of the molecule is CCNC(=O)C1(CN)CC1. The second-order valence-electron chi connectivity index (χ2n) is 2.84. The molecule has 1 aliphatic carbocycles. The Morgan fingerprint density at radius 2 is 2.30 bits per heavy atom. The number of hydrogen-bond donors (Lipinski definition) is 2. The molecule has 58 valence electrons. The molecule has 0 unspecified atom stereocenters. The molecule has 1 aliphatic rings. The van der Waals surface area contributed by atoms with E-state index < -0.39 is 0 Å². The van der Waals surface area contributed by atoms with Crippen LogP contribution in [0, 0.1) is 5.41 Å². The van der Waals surface area contributed by atoms with Crippen molar-refractivity contribution in [3.05, 3.63) is 0 Å². The van der Waals surface area contributed by atoms with Crippen LogP contribution in [0.25, 0.3) is 0 Å². The van der Waals surface area contributed by atoms with Gasteiger partial charge in [0.05, 0.1) is 5.41 Å². The molecule has 0 aromatic carbocycles. The van der Waals surface area contributed by atoms with Crippen molar-refractivity contribution < 1.29 is 4.79 Å². The van der Waals surface area contributed by atoms with Crippen molar-refractivity contribution in [2.45, 2.75) is 19.8 Å². The fraction of sp³-hybridized carbons (Fsp3) is 0.857. The predicted octanol–water partition coefficient (Wildman–Crippen LogP) is -0.139. The first kappa shape index (κ1) is 7.54. The largest absolute Gasteiger partial charge is 0.356 e. The maximum atomic E-state index is 11.2. The van der Waals surface area contributed by atoms with Crippen LogP contribution in [0.4, 0.5) is 0 Å². The summed E-state index contributed by atoms with van der Waals surface area (Å²) >= 11 is 0.